The molecule has 102 valence electrons. The van der Waals surface area contributed by atoms with E-state index in [9.17, 15) is 5.11 Å². The molecule has 0 saturated carbocycles. The van der Waals surface area contributed by atoms with Crippen LogP contribution in [0, 0.1) is 0 Å². The summed E-state index contributed by atoms with van der Waals surface area (Å²) in [5, 5.41) is 15.4. The summed E-state index contributed by atoms with van der Waals surface area (Å²) in [5.41, 5.74) is 0.858. The van der Waals surface area contributed by atoms with Gasteiger partial charge in [0.05, 0.1) is 13.2 Å². The van der Waals surface area contributed by atoms with Crippen LogP contribution in [0.2, 0.25) is 0 Å². The monoisotopic (exact) mass is 341 g/mol. The van der Waals surface area contributed by atoms with Gasteiger partial charge in [-0.05, 0) is 45.1 Å². The molecule has 1 unspecified atom stereocenters. The molecule has 1 heterocycles. The maximum atomic E-state index is 10.1. The minimum atomic E-state index is -0.533. The van der Waals surface area contributed by atoms with Gasteiger partial charge in [0, 0.05) is 22.4 Å². The fraction of sp³-hybridized carbons (Fsp3) is 0.286. The number of hydrogen-bond acceptors (Lipinski definition) is 4. The Morgan fingerprint density at radius 3 is 2.95 bits per heavy atom. The van der Waals surface area contributed by atoms with Gasteiger partial charge in [0.2, 0.25) is 0 Å². The highest BCUT2D eigenvalue weighted by molar-refractivity contribution is 9.10. The van der Waals surface area contributed by atoms with E-state index in [0.717, 1.165) is 22.3 Å². The zero-order valence-corrected chi connectivity index (χ0v) is 13.0. The number of rotatable bonds is 6. The standard InChI is InChI=1S/C14H16BrNO2S/c1-18-11-4-2-3-10(7-11)13(17)8-16-9-14-12(15)5-6-19-14/h2-7,13,16-17H,8-9H2,1H3. The lowest BCUT2D eigenvalue weighted by Gasteiger charge is -2.13. The van der Waals surface area contributed by atoms with E-state index >= 15 is 0 Å². The number of aliphatic hydroxyl groups is 1. The molecule has 0 fully saturated rings. The average Bonchev–Trinajstić information content (AvgIpc) is 2.84. The van der Waals surface area contributed by atoms with Crippen molar-refractivity contribution >= 4 is 27.3 Å². The van der Waals surface area contributed by atoms with E-state index in [1.54, 1.807) is 18.4 Å². The summed E-state index contributed by atoms with van der Waals surface area (Å²) in [4.78, 5) is 1.23. The number of thiophene rings is 1. The van der Waals surface area contributed by atoms with Crippen LogP contribution in [0.1, 0.15) is 16.5 Å². The Kier molecular flexibility index (Phi) is 5.39. The van der Waals surface area contributed by atoms with Crippen LogP contribution in [0.5, 0.6) is 5.75 Å². The van der Waals surface area contributed by atoms with Gasteiger partial charge in [0.1, 0.15) is 5.75 Å². The van der Waals surface area contributed by atoms with Crippen molar-refractivity contribution in [1.29, 1.82) is 0 Å². The molecule has 2 N–H and O–H groups in total. The first-order valence-electron chi connectivity index (χ1n) is 5.95. The molecule has 0 saturated heterocycles. The summed E-state index contributed by atoms with van der Waals surface area (Å²) in [6.07, 6.45) is -0.533. The number of aliphatic hydroxyl groups excluding tert-OH is 1. The van der Waals surface area contributed by atoms with E-state index in [4.69, 9.17) is 4.74 Å². The van der Waals surface area contributed by atoms with Crippen molar-refractivity contribution in [3.05, 3.63) is 50.6 Å². The van der Waals surface area contributed by atoms with Crippen molar-refractivity contribution in [3.63, 3.8) is 0 Å². The topological polar surface area (TPSA) is 41.5 Å². The number of hydrogen-bond donors (Lipinski definition) is 2. The Bertz CT molecular complexity index is 530. The van der Waals surface area contributed by atoms with Crippen LogP contribution in [0.15, 0.2) is 40.2 Å². The number of benzene rings is 1. The summed E-state index contributed by atoms with van der Waals surface area (Å²) in [7, 11) is 1.62. The first kappa shape index (κ1) is 14.5. The van der Waals surface area contributed by atoms with E-state index in [1.165, 1.54) is 4.88 Å². The zero-order chi connectivity index (χ0) is 13.7. The Hall–Kier alpha value is -0.880. The first-order chi connectivity index (χ1) is 9.20. The van der Waals surface area contributed by atoms with Gasteiger partial charge < -0.3 is 15.2 Å². The van der Waals surface area contributed by atoms with Crippen molar-refractivity contribution in [2.24, 2.45) is 0 Å². The molecule has 19 heavy (non-hydrogen) atoms. The summed E-state index contributed by atoms with van der Waals surface area (Å²) in [6, 6.07) is 9.53. The van der Waals surface area contributed by atoms with Crippen LogP contribution >= 0.6 is 27.3 Å². The normalized spacial score (nSPS) is 12.4. The largest absolute Gasteiger partial charge is 0.497 e. The molecule has 1 atom stereocenters. The summed E-state index contributed by atoms with van der Waals surface area (Å²) in [5.74, 6) is 0.762. The van der Waals surface area contributed by atoms with Crippen LogP contribution in [0.4, 0.5) is 0 Å². The molecule has 1 aromatic carbocycles. The number of methoxy groups -OCH3 is 1. The van der Waals surface area contributed by atoms with Crippen molar-refractivity contribution < 1.29 is 9.84 Å². The third-order valence-corrected chi connectivity index (χ3v) is 4.72. The Labute approximate surface area is 125 Å². The van der Waals surface area contributed by atoms with Gasteiger partial charge in [0.25, 0.3) is 0 Å². The second-order valence-electron chi connectivity index (χ2n) is 4.12. The molecule has 0 amide bonds. The number of ether oxygens (including phenoxy) is 1. The van der Waals surface area contributed by atoms with E-state index in [1.807, 2.05) is 35.7 Å². The summed E-state index contributed by atoms with van der Waals surface area (Å²) >= 11 is 5.18. The molecule has 0 radical (unpaired) electrons. The molecule has 0 aliphatic carbocycles. The van der Waals surface area contributed by atoms with Crippen LogP contribution in [-0.2, 0) is 6.54 Å². The fourth-order valence-electron chi connectivity index (χ4n) is 1.74. The molecule has 2 rings (SSSR count). The molecular formula is C14H16BrNO2S. The average molecular weight is 342 g/mol. The lowest BCUT2D eigenvalue weighted by molar-refractivity contribution is 0.174. The van der Waals surface area contributed by atoms with Gasteiger partial charge in [-0.25, -0.2) is 0 Å². The number of halogens is 1. The lowest BCUT2D eigenvalue weighted by Crippen LogP contribution is -2.20. The summed E-state index contributed by atoms with van der Waals surface area (Å²) in [6.45, 7) is 1.26. The van der Waals surface area contributed by atoms with E-state index < -0.39 is 6.10 Å². The highest BCUT2D eigenvalue weighted by Gasteiger charge is 2.08. The second-order valence-corrected chi connectivity index (χ2v) is 5.97. The maximum Gasteiger partial charge on any atom is 0.119 e. The molecule has 0 bridgehead atoms. The summed E-state index contributed by atoms with van der Waals surface area (Å²) < 4.78 is 6.26. The lowest BCUT2D eigenvalue weighted by atomic mass is 10.1. The SMILES string of the molecule is COc1cccc(C(O)CNCc2sccc2Br)c1. The highest BCUT2D eigenvalue weighted by atomic mass is 79.9. The molecule has 0 spiro atoms. The minimum absolute atomic E-state index is 0.511. The van der Waals surface area contributed by atoms with E-state index in [0.29, 0.717) is 6.54 Å². The quantitative estimate of drug-likeness (QED) is 0.846. The van der Waals surface area contributed by atoms with Crippen molar-refractivity contribution in [2.45, 2.75) is 12.6 Å². The maximum absolute atomic E-state index is 10.1. The van der Waals surface area contributed by atoms with E-state index in [2.05, 4.69) is 21.2 Å². The third-order valence-electron chi connectivity index (χ3n) is 2.79. The predicted molar refractivity (Wildman–Crippen MR) is 81.7 cm³/mol. The van der Waals surface area contributed by atoms with Gasteiger partial charge in [0.15, 0.2) is 0 Å². The highest BCUT2D eigenvalue weighted by Crippen LogP contribution is 2.23. The van der Waals surface area contributed by atoms with Crippen molar-refractivity contribution in [2.75, 3.05) is 13.7 Å². The zero-order valence-electron chi connectivity index (χ0n) is 10.6. The molecule has 3 nitrogen and oxygen atoms in total. The first-order valence-corrected chi connectivity index (χ1v) is 7.62. The smallest absolute Gasteiger partial charge is 0.119 e. The Morgan fingerprint density at radius 1 is 1.42 bits per heavy atom. The predicted octanol–water partition coefficient (Wildman–Crippen LogP) is 3.34. The fourth-order valence-corrected chi connectivity index (χ4v) is 3.20. The Balaban J connectivity index is 1.87. The minimum Gasteiger partial charge on any atom is -0.497 e. The van der Waals surface area contributed by atoms with Crippen LogP contribution in [-0.4, -0.2) is 18.8 Å². The Morgan fingerprint density at radius 2 is 2.26 bits per heavy atom. The second kappa shape index (κ2) is 7.05. The van der Waals surface area contributed by atoms with Gasteiger partial charge in [-0.3, -0.25) is 0 Å². The molecular weight excluding hydrogens is 326 g/mol. The van der Waals surface area contributed by atoms with Crippen molar-refractivity contribution in [1.82, 2.24) is 5.32 Å². The van der Waals surface area contributed by atoms with Gasteiger partial charge in [-0.15, -0.1) is 11.3 Å². The molecule has 2 aromatic rings. The van der Waals surface area contributed by atoms with Gasteiger partial charge in [-0.1, -0.05) is 12.1 Å². The molecule has 0 aliphatic rings. The van der Waals surface area contributed by atoms with Crippen LogP contribution in [0.25, 0.3) is 0 Å². The van der Waals surface area contributed by atoms with E-state index in [-0.39, 0.29) is 0 Å². The molecule has 1 aromatic heterocycles. The number of nitrogens with one attached hydrogen (secondary N) is 1. The molecule has 0 aliphatic heterocycles. The third kappa shape index (κ3) is 4.04. The van der Waals surface area contributed by atoms with Crippen LogP contribution in [0.3, 0.4) is 0 Å². The van der Waals surface area contributed by atoms with Gasteiger partial charge >= 0.3 is 0 Å². The van der Waals surface area contributed by atoms with Crippen LogP contribution < -0.4 is 10.1 Å². The van der Waals surface area contributed by atoms with Gasteiger partial charge in [-0.2, -0.15) is 0 Å². The molecule has 5 heteroatoms. The van der Waals surface area contributed by atoms with Crippen molar-refractivity contribution in [3.8, 4) is 5.75 Å².